The predicted octanol–water partition coefficient (Wildman–Crippen LogP) is 3.26. The summed E-state index contributed by atoms with van der Waals surface area (Å²) in [5.41, 5.74) is 0. The van der Waals surface area contributed by atoms with Crippen molar-refractivity contribution in [3.8, 4) is 0 Å². The Morgan fingerprint density at radius 1 is 1.43 bits per heavy atom. The van der Waals surface area contributed by atoms with Gasteiger partial charge in [-0.05, 0) is 38.9 Å². The summed E-state index contributed by atoms with van der Waals surface area (Å²) >= 11 is 6.76. The molecule has 2 aromatic rings. The van der Waals surface area contributed by atoms with Gasteiger partial charge in [-0.25, -0.2) is 0 Å². The molecule has 2 nitrogen and oxygen atoms in total. The Morgan fingerprint density at radius 2 is 2.36 bits per heavy atom. The van der Waals surface area contributed by atoms with Crippen LogP contribution in [-0.4, -0.2) is 4.37 Å². The lowest BCUT2D eigenvalue weighted by Gasteiger charge is -2.00. The van der Waals surface area contributed by atoms with Crippen LogP contribution in [0.5, 0.6) is 0 Å². The standard InChI is InChI=1S/C9H9BrN2S2/c10-8-5-12-14-9(8)6-11-4-7-2-1-3-13-7/h1-3,5,11H,4,6H2. The minimum absolute atomic E-state index is 0.878. The van der Waals surface area contributed by atoms with Crippen LogP contribution in [0.4, 0.5) is 0 Å². The van der Waals surface area contributed by atoms with Gasteiger partial charge in [-0.1, -0.05) is 6.07 Å². The van der Waals surface area contributed by atoms with Crippen molar-refractivity contribution in [2.24, 2.45) is 0 Å². The minimum atomic E-state index is 0.878. The molecule has 1 N–H and O–H groups in total. The van der Waals surface area contributed by atoms with E-state index in [0.29, 0.717) is 0 Å². The van der Waals surface area contributed by atoms with Crippen LogP contribution in [-0.2, 0) is 13.1 Å². The summed E-state index contributed by atoms with van der Waals surface area (Å²) in [4.78, 5) is 2.62. The SMILES string of the molecule is Brc1cnsc1CNCc1cccs1. The Hall–Kier alpha value is -0.230. The van der Waals surface area contributed by atoms with E-state index in [1.54, 1.807) is 11.3 Å². The van der Waals surface area contributed by atoms with Crippen LogP contribution in [0.2, 0.25) is 0 Å². The van der Waals surface area contributed by atoms with Crippen LogP contribution in [0.15, 0.2) is 28.2 Å². The Bertz CT molecular complexity index is 383. The Morgan fingerprint density at radius 3 is 3.00 bits per heavy atom. The van der Waals surface area contributed by atoms with E-state index in [9.17, 15) is 0 Å². The lowest BCUT2D eigenvalue weighted by molar-refractivity contribution is 0.707. The Kier molecular flexibility index (Phi) is 3.69. The maximum atomic E-state index is 4.09. The molecular weight excluding hydrogens is 280 g/mol. The fraction of sp³-hybridized carbons (Fsp3) is 0.222. The van der Waals surface area contributed by atoms with Crippen molar-refractivity contribution in [3.63, 3.8) is 0 Å². The third-order valence-electron chi connectivity index (χ3n) is 1.76. The van der Waals surface area contributed by atoms with Crippen molar-refractivity contribution in [2.75, 3.05) is 0 Å². The van der Waals surface area contributed by atoms with Gasteiger partial charge in [0.15, 0.2) is 0 Å². The maximum Gasteiger partial charge on any atom is 0.0552 e. The number of hydrogen-bond acceptors (Lipinski definition) is 4. The van der Waals surface area contributed by atoms with Gasteiger partial charge in [-0.2, -0.15) is 4.37 Å². The molecule has 2 aromatic heterocycles. The van der Waals surface area contributed by atoms with Crippen molar-refractivity contribution in [3.05, 3.63) is 37.9 Å². The molecule has 0 saturated carbocycles. The summed E-state index contributed by atoms with van der Waals surface area (Å²) in [6.45, 7) is 1.81. The molecule has 0 saturated heterocycles. The first kappa shape index (κ1) is 10.3. The first-order valence-electron chi connectivity index (χ1n) is 4.18. The molecule has 2 heterocycles. The lowest BCUT2D eigenvalue weighted by Crippen LogP contribution is -2.10. The van der Waals surface area contributed by atoms with E-state index < -0.39 is 0 Å². The molecule has 0 atom stereocenters. The molecule has 74 valence electrons. The zero-order valence-corrected chi connectivity index (χ0v) is 10.6. The molecule has 0 unspecified atom stereocenters. The van der Waals surface area contributed by atoms with E-state index in [2.05, 4.69) is 43.1 Å². The average molecular weight is 289 g/mol. The second kappa shape index (κ2) is 5.02. The van der Waals surface area contributed by atoms with Gasteiger partial charge in [0, 0.05) is 18.0 Å². The molecular formula is C9H9BrN2S2. The summed E-state index contributed by atoms with van der Waals surface area (Å²) in [5, 5.41) is 5.48. The molecule has 0 bridgehead atoms. The lowest BCUT2D eigenvalue weighted by atomic mass is 10.4. The van der Waals surface area contributed by atoms with Gasteiger partial charge in [0.2, 0.25) is 0 Å². The van der Waals surface area contributed by atoms with Gasteiger partial charge in [0.25, 0.3) is 0 Å². The summed E-state index contributed by atoms with van der Waals surface area (Å²) in [6.07, 6.45) is 1.84. The number of nitrogens with one attached hydrogen (secondary N) is 1. The molecule has 14 heavy (non-hydrogen) atoms. The van der Waals surface area contributed by atoms with E-state index >= 15 is 0 Å². The van der Waals surface area contributed by atoms with E-state index in [-0.39, 0.29) is 0 Å². The molecule has 0 spiro atoms. The number of aromatic nitrogens is 1. The van der Waals surface area contributed by atoms with Gasteiger partial charge >= 0.3 is 0 Å². The maximum absolute atomic E-state index is 4.09. The fourth-order valence-electron chi connectivity index (χ4n) is 1.08. The molecule has 0 aliphatic rings. The van der Waals surface area contributed by atoms with E-state index in [4.69, 9.17) is 0 Å². The number of thiophene rings is 1. The quantitative estimate of drug-likeness (QED) is 0.934. The van der Waals surface area contributed by atoms with Gasteiger partial charge in [-0.3, -0.25) is 0 Å². The normalized spacial score (nSPS) is 10.6. The third kappa shape index (κ3) is 2.63. The molecule has 5 heteroatoms. The van der Waals surface area contributed by atoms with Crippen molar-refractivity contribution in [1.82, 2.24) is 9.69 Å². The van der Waals surface area contributed by atoms with Gasteiger partial charge in [0.1, 0.15) is 0 Å². The van der Waals surface area contributed by atoms with Crippen LogP contribution in [0.1, 0.15) is 9.75 Å². The van der Waals surface area contributed by atoms with E-state index in [1.807, 2.05) is 6.20 Å². The highest BCUT2D eigenvalue weighted by molar-refractivity contribution is 9.10. The molecule has 0 amide bonds. The molecule has 0 aliphatic heterocycles. The summed E-state index contributed by atoms with van der Waals surface area (Å²) in [5.74, 6) is 0. The minimum Gasteiger partial charge on any atom is -0.307 e. The monoisotopic (exact) mass is 288 g/mol. The van der Waals surface area contributed by atoms with E-state index in [1.165, 1.54) is 21.3 Å². The third-order valence-corrected chi connectivity index (χ3v) is 4.38. The highest BCUT2D eigenvalue weighted by Crippen LogP contribution is 2.19. The van der Waals surface area contributed by atoms with E-state index in [0.717, 1.165) is 17.6 Å². The van der Waals surface area contributed by atoms with Crippen molar-refractivity contribution in [1.29, 1.82) is 0 Å². The Balaban J connectivity index is 1.81. The number of nitrogens with zero attached hydrogens (tertiary/aromatic N) is 1. The van der Waals surface area contributed by atoms with Gasteiger partial charge in [0.05, 0.1) is 15.5 Å². The molecule has 2 rings (SSSR count). The zero-order valence-electron chi connectivity index (χ0n) is 7.37. The number of hydrogen-bond donors (Lipinski definition) is 1. The highest BCUT2D eigenvalue weighted by Gasteiger charge is 2.01. The van der Waals surface area contributed by atoms with Crippen LogP contribution < -0.4 is 5.32 Å². The smallest absolute Gasteiger partial charge is 0.0552 e. The van der Waals surface area contributed by atoms with Crippen LogP contribution >= 0.6 is 38.8 Å². The fourth-order valence-corrected chi connectivity index (χ4v) is 2.94. The molecule has 0 fully saturated rings. The molecule has 0 aliphatic carbocycles. The summed E-state index contributed by atoms with van der Waals surface area (Å²) in [7, 11) is 0. The largest absolute Gasteiger partial charge is 0.307 e. The first-order chi connectivity index (χ1) is 6.86. The second-order valence-electron chi connectivity index (χ2n) is 2.78. The first-order valence-corrected chi connectivity index (χ1v) is 6.63. The van der Waals surface area contributed by atoms with Crippen LogP contribution in [0, 0.1) is 0 Å². The Labute approximate surface area is 99.3 Å². The van der Waals surface area contributed by atoms with Gasteiger partial charge < -0.3 is 5.32 Å². The zero-order chi connectivity index (χ0) is 9.80. The average Bonchev–Trinajstić information content (AvgIpc) is 2.78. The summed E-state index contributed by atoms with van der Waals surface area (Å²) in [6, 6.07) is 4.21. The molecule has 0 aromatic carbocycles. The van der Waals surface area contributed by atoms with Crippen molar-refractivity contribution >= 4 is 38.8 Å². The topological polar surface area (TPSA) is 24.9 Å². The van der Waals surface area contributed by atoms with Crippen molar-refractivity contribution < 1.29 is 0 Å². The summed E-state index contributed by atoms with van der Waals surface area (Å²) < 4.78 is 5.19. The number of halogens is 1. The predicted molar refractivity (Wildman–Crippen MR) is 64.7 cm³/mol. The second-order valence-corrected chi connectivity index (χ2v) is 5.55. The highest BCUT2D eigenvalue weighted by atomic mass is 79.9. The molecule has 0 radical (unpaired) electrons. The van der Waals surface area contributed by atoms with Crippen molar-refractivity contribution in [2.45, 2.75) is 13.1 Å². The van der Waals surface area contributed by atoms with Gasteiger partial charge in [-0.15, -0.1) is 11.3 Å². The van der Waals surface area contributed by atoms with Crippen LogP contribution in [0.3, 0.4) is 0 Å². The number of rotatable bonds is 4. The van der Waals surface area contributed by atoms with Crippen LogP contribution in [0.25, 0.3) is 0 Å².